The van der Waals surface area contributed by atoms with Gasteiger partial charge in [0.1, 0.15) is 5.54 Å². The molecule has 24 heavy (non-hydrogen) atoms. The molecule has 2 aliphatic heterocycles. The van der Waals surface area contributed by atoms with Crippen LogP contribution in [0.15, 0.2) is 18.2 Å². The van der Waals surface area contributed by atoms with Crippen molar-refractivity contribution in [3.05, 3.63) is 33.8 Å². The van der Waals surface area contributed by atoms with E-state index in [9.17, 15) is 9.59 Å². The molecule has 7 heteroatoms. The quantitative estimate of drug-likeness (QED) is 0.830. The van der Waals surface area contributed by atoms with Crippen LogP contribution >= 0.6 is 23.2 Å². The number of imide groups is 1. The summed E-state index contributed by atoms with van der Waals surface area (Å²) in [5.74, 6) is 0.415. The highest BCUT2D eigenvalue weighted by atomic mass is 35.5. The maximum Gasteiger partial charge on any atom is 0.326 e. The monoisotopic (exact) mass is 369 g/mol. The van der Waals surface area contributed by atoms with Gasteiger partial charge in [0.05, 0.1) is 6.67 Å². The average Bonchev–Trinajstić information content (AvgIpc) is 2.73. The molecule has 0 radical (unpaired) electrons. The molecule has 0 aromatic heterocycles. The number of halogens is 2. The Kier molecular flexibility index (Phi) is 4.78. The fraction of sp³-hybridized carbons (Fsp3) is 0.529. The number of benzene rings is 1. The smallest absolute Gasteiger partial charge is 0.319 e. The summed E-state index contributed by atoms with van der Waals surface area (Å²) in [7, 11) is 0. The van der Waals surface area contributed by atoms with E-state index in [4.69, 9.17) is 23.2 Å². The van der Waals surface area contributed by atoms with Crippen molar-refractivity contribution in [2.75, 3.05) is 19.8 Å². The Balaban J connectivity index is 1.80. The van der Waals surface area contributed by atoms with Gasteiger partial charge in [-0.15, -0.1) is 0 Å². The van der Waals surface area contributed by atoms with Crippen LogP contribution in [0.1, 0.15) is 32.3 Å². The molecule has 2 heterocycles. The topological polar surface area (TPSA) is 52.6 Å². The largest absolute Gasteiger partial charge is 0.326 e. The molecular weight excluding hydrogens is 349 g/mol. The number of piperidine rings is 1. The third kappa shape index (κ3) is 3.13. The van der Waals surface area contributed by atoms with Crippen LogP contribution in [-0.2, 0) is 10.3 Å². The van der Waals surface area contributed by atoms with E-state index in [1.54, 1.807) is 25.1 Å². The van der Waals surface area contributed by atoms with Crippen LogP contribution in [0.3, 0.4) is 0 Å². The summed E-state index contributed by atoms with van der Waals surface area (Å²) in [5.41, 5.74) is -0.608. The van der Waals surface area contributed by atoms with Crippen molar-refractivity contribution in [3.8, 4) is 0 Å². The molecule has 3 amide bonds. The predicted molar refractivity (Wildman–Crippen MR) is 94.0 cm³/mol. The van der Waals surface area contributed by atoms with Crippen molar-refractivity contribution in [1.29, 1.82) is 0 Å². The predicted octanol–water partition coefficient (Wildman–Crippen LogP) is 3.45. The number of carbonyl (C=O) groups is 2. The zero-order valence-corrected chi connectivity index (χ0v) is 15.3. The highest BCUT2D eigenvalue weighted by Crippen LogP contribution is 2.35. The first-order valence-corrected chi connectivity index (χ1v) is 8.89. The number of hydrogen-bond acceptors (Lipinski definition) is 3. The molecule has 1 aromatic rings. The minimum atomic E-state index is -1.16. The molecule has 0 saturated carbocycles. The molecule has 0 unspecified atom stereocenters. The second-order valence-electron chi connectivity index (χ2n) is 6.85. The lowest BCUT2D eigenvalue weighted by molar-refractivity contribution is -0.132. The summed E-state index contributed by atoms with van der Waals surface area (Å²) >= 11 is 12.2. The lowest BCUT2D eigenvalue weighted by Crippen LogP contribution is -2.46. The molecular formula is C17H21Cl2N3O2. The lowest BCUT2D eigenvalue weighted by atomic mass is 9.92. The Morgan fingerprint density at radius 3 is 2.54 bits per heavy atom. The van der Waals surface area contributed by atoms with E-state index in [0.29, 0.717) is 28.2 Å². The van der Waals surface area contributed by atoms with Gasteiger partial charge in [-0.3, -0.25) is 9.69 Å². The van der Waals surface area contributed by atoms with Gasteiger partial charge >= 0.3 is 6.03 Å². The Hall–Kier alpha value is -1.30. The van der Waals surface area contributed by atoms with Crippen molar-refractivity contribution in [2.45, 2.75) is 32.2 Å². The number of carbonyl (C=O) groups excluding carboxylic acids is 2. The minimum Gasteiger partial charge on any atom is -0.319 e. The molecule has 1 aromatic carbocycles. The Labute approximate surface area is 151 Å². The van der Waals surface area contributed by atoms with Crippen molar-refractivity contribution in [2.24, 2.45) is 5.92 Å². The molecule has 130 valence electrons. The van der Waals surface area contributed by atoms with Gasteiger partial charge in [-0.2, -0.15) is 0 Å². The minimum absolute atomic E-state index is 0.282. The zero-order valence-electron chi connectivity index (χ0n) is 13.8. The zero-order chi connectivity index (χ0) is 17.5. The summed E-state index contributed by atoms with van der Waals surface area (Å²) < 4.78 is 0. The van der Waals surface area contributed by atoms with E-state index < -0.39 is 5.54 Å². The SMILES string of the molecule is CC1CCN(CN2C(=O)N[C@](C)(c3ccc(Cl)cc3Cl)C2=O)CC1. The van der Waals surface area contributed by atoms with E-state index in [1.807, 2.05) is 0 Å². The van der Waals surface area contributed by atoms with E-state index in [1.165, 1.54) is 4.90 Å². The van der Waals surface area contributed by atoms with Crippen molar-refractivity contribution >= 4 is 35.1 Å². The van der Waals surface area contributed by atoms with Gasteiger partial charge in [-0.1, -0.05) is 36.2 Å². The van der Waals surface area contributed by atoms with Crippen LogP contribution in [0.4, 0.5) is 4.79 Å². The van der Waals surface area contributed by atoms with Gasteiger partial charge in [-0.25, -0.2) is 9.69 Å². The molecule has 1 atom stereocenters. The fourth-order valence-corrected chi connectivity index (χ4v) is 3.90. The van der Waals surface area contributed by atoms with Crippen molar-refractivity contribution in [3.63, 3.8) is 0 Å². The number of amides is 3. The molecule has 0 aliphatic carbocycles. The molecule has 0 bridgehead atoms. The fourth-order valence-electron chi connectivity index (χ4n) is 3.31. The molecule has 3 rings (SSSR count). The van der Waals surface area contributed by atoms with E-state index >= 15 is 0 Å². The summed E-state index contributed by atoms with van der Waals surface area (Å²) in [4.78, 5) is 28.7. The lowest BCUT2D eigenvalue weighted by Gasteiger charge is -2.32. The maximum absolute atomic E-state index is 12.9. The number of nitrogens with zero attached hydrogens (tertiary/aromatic N) is 2. The summed E-state index contributed by atoms with van der Waals surface area (Å²) in [6, 6.07) is 4.56. The van der Waals surface area contributed by atoms with Gasteiger partial charge in [0.15, 0.2) is 0 Å². The first kappa shape index (κ1) is 17.5. The average molecular weight is 370 g/mol. The Bertz CT molecular complexity index is 674. The van der Waals surface area contributed by atoms with E-state index in [2.05, 4.69) is 17.1 Å². The van der Waals surface area contributed by atoms with Crippen LogP contribution < -0.4 is 5.32 Å². The highest BCUT2D eigenvalue weighted by Gasteiger charge is 2.50. The molecule has 0 spiro atoms. The molecule has 1 N–H and O–H groups in total. The second kappa shape index (κ2) is 6.54. The first-order valence-electron chi connectivity index (χ1n) is 8.13. The highest BCUT2D eigenvalue weighted by molar-refractivity contribution is 6.35. The second-order valence-corrected chi connectivity index (χ2v) is 7.70. The molecule has 2 fully saturated rings. The number of hydrogen-bond donors (Lipinski definition) is 1. The van der Waals surface area contributed by atoms with Crippen molar-refractivity contribution < 1.29 is 9.59 Å². The van der Waals surface area contributed by atoms with E-state index in [-0.39, 0.29) is 11.9 Å². The standard InChI is InChI=1S/C17H21Cl2N3O2/c1-11-5-7-21(8-6-11)10-22-15(23)17(2,20-16(22)24)13-4-3-12(18)9-14(13)19/h3-4,9,11H,5-8,10H2,1-2H3,(H,20,24)/t17-/m1/s1. The van der Waals surface area contributed by atoms with Gasteiger partial charge < -0.3 is 5.32 Å². The van der Waals surface area contributed by atoms with Crippen LogP contribution in [-0.4, -0.2) is 41.5 Å². The van der Waals surface area contributed by atoms with Crippen LogP contribution in [0.25, 0.3) is 0 Å². The summed E-state index contributed by atoms with van der Waals surface area (Å²) in [5, 5.41) is 3.65. The first-order chi connectivity index (χ1) is 11.3. The Morgan fingerprint density at radius 2 is 1.92 bits per heavy atom. The van der Waals surface area contributed by atoms with Gasteiger partial charge in [-0.05, 0) is 37.8 Å². The van der Waals surface area contributed by atoms with E-state index in [0.717, 1.165) is 25.9 Å². The van der Waals surface area contributed by atoms with Crippen LogP contribution in [0.5, 0.6) is 0 Å². The van der Waals surface area contributed by atoms with Gasteiger partial charge in [0.25, 0.3) is 5.91 Å². The summed E-state index contributed by atoms with van der Waals surface area (Å²) in [6.07, 6.45) is 2.17. The van der Waals surface area contributed by atoms with Gasteiger partial charge in [0.2, 0.25) is 0 Å². The van der Waals surface area contributed by atoms with Crippen molar-refractivity contribution in [1.82, 2.24) is 15.1 Å². The third-order valence-corrected chi connectivity index (χ3v) is 5.51. The molecule has 2 saturated heterocycles. The number of urea groups is 1. The molecule has 5 nitrogen and oxygen atoms in total. The maximum atomic E-state index is 12.9. The normalized spacial score (nSPS) is 26.1. The number of nitrogens with one attached hydrogen (secondary N) is 1. The Morgan fingerprint density at radius 1 is 1.25 bits per heavy atom. The third-order valence-electron chi connectivity index (χ3n) is 4.96. The number of likely N-dealkylation sites (tertiary alicyclic amines) is 1. The van der Waals surface area contributed by atoms with Crippen LogP contribution in [0, 0.1) is 5.92 Å². The molecule has 2 aliphatic rings. The van der Waals surface area contributed by atoms with Crippen LogP contribution in [0.2, 0.25) is 10.0 Å². The summed E-state index contributed by atoms with van der Waals surface area (Å²) in [6.45, 7) is 6.02. The number of rotatable bonds is 3. The van der Waals surface area contributed by atoms with Gasteiger partial charge in [0, 0.05) is 28.7 Å².